The normalized spacial score (nSPS) is 11.7. The molecule has 1 amide bonds. The Hall–Kier alpha value is -2.67. The summed E-state index contributed by atoms with van der Waals surface area (Å²) in [5, 5.41) is 2.63. The largest absolute Gasteiger partial charge is 0.457 e. The zero-order valence-corrected chi connectivity index (χ0v) is 12.0. The Kier molecular flexibility index (Phi) is 5.67. The van der Waals surface area contributed by atoms with Crippen LogP contribution >= 0.6 is 0 Å². The van der Waals surface area contributed by atoms with Gasteiger partial charge in [-0.05, 0) is 18.2 Å². The summed E-state index contributed by atoms with van der Waals surface area (Å²) in [6.45, 7) is 0.669. The molecule has 2 heterocycles. The molecule has 0 saturated heterocycles. The Balaban J connectivity index is 2.11. The van der Waals surface area contributed by atoms with E-state index in [0.717, 1.165) is 0 Å². The SMILES string of the molecule is COCCNC(=O)C(OC(=O)c1ccco1)c1cccnc1. The zero-order valence-electron chi connectivity index (χ0n) is 12.0. The highest BCUT2D eigenvalue weighted by molar-refractivity contribution is 5.90. The van der Waals surface area contributed by atoms with Gasteiger partial charge in [-0.3, -0.25) is 9.78 Å². The standard InChI is InChI=1S/C15H16N2O5/c1-20-9-7-17-14(18)13(11-4-2-6-16-10-11)22-15(19)12-5-3-8-21-12/h2-6,8,10,13H,7,9H2,1H3,(H,17,18). The van der Waals surface area contributed by atoms with Crippen LogP contribution in [0.4, 0.5) is 0 Å². The maximum absolute atomic E-state index is 12.2. The predicted octanol–water partition coefficient (Wildman–Crippen LogP) is 1.34. The Morgan fingerprint density at radius 1 is 1.36 bits per heavy atom. The number of hydrogen-bond donors (Lipinski definition) is 1. The number of pyridine rings is 1. The van der Waals surface area contributed by atoms with Gasteiger partial charge in [0.25, 0.3) is 5.91 Å². The number of hydrogen-bond acceptors (Lipinski definition) is 6. The van der Waals surface area contributed by atoms with Crippen LogP contribution in [0.1, 0.15) is 22.2 Å². The molecule has 1 atom stereocenters. The lowest BCUT2D eigenvalue weighted by molar-refractivity contribution is -0.130. The van der Waals surface area contributed by atoms with Crippen LogP contribution in [0.25, 0.3) is 0 Å². The molecule has 2 aromatic heterocycles. The molecule has 1 N–H and O–H groups in total. The van der Waals surface area contributed by atoms with Crippen molar-refractivity contribution in [2.75, 3.05) is 20.3 Å². The molecular weight excluding hydrogens is 288 g/mol. The Morgan fingerprint density at radius 3 is 2.86 bits per heavy atom. The van der Waals surface area contributed by atoms with E-state index in [1.807, 2.05) is 0 Å². The van der Waals surface area contributed by atoms with Crippen molar-refractivity contribution in [1.29, 1.82) is 0 Å². The van der Waals surface area contributed by atoms with Crippen LogP contribution in [0, 0.1) is 0 Å². The second-order valence-electron chi connectivity index (χ2n) is 4.33. The first-order valence-electron chi connectivity index (χ1n) is 6.63. The summed E-state index contributed by atoms with van der Waals surface area (Å²) in [5.74, 6) is -1.15. The van der Waals surface area contributed by atoms with Gasteiger partial charge in [0.2, 0.25) is 11.9 Å². The van der Waals surface area contributed by atoms with Crippen LogP contribution in [0.5, 0.6) is 0 Å². The van der Waals surface area contributed by atoms with Crippen LogP contribution in [0.2, 0.25) is 0 Å². The number of furan rings is 1. The molecule has 0 aliphatic carbocycles. The number of esters is 1. The van der Waals surface area contributed by atoms with E-state index in [2.05, 4.69) is 10.3 Å². The summed E-state index contributed by atoms with van der Waals surface area (Å²) in [4.78, 5) is 28.1. The van der Waals surface area contributed by atoms with Crippen molar-refractivity contribution in [3.63, 3.8) is 0 Å². The number of rotatable bonds is 7. The van der Waals surface area contributed by atoms with E-state index in [4.69, 9.17) is 13.9 Å². The molecule has 0 aliphatic rings. The number of nitrogens with zero attached hydrogens (tertiary/aromatic N) is 1. The molecule has 1 unspecified atom stereocenters. The minimum atomic E-state index is -1.11. The molecule has 0 fully saturated rings. The minimum absolute atomic E-state index is 0.0265. The van der Waals surface area contributed by atoms with Gasteiger partial charge in [-0.1, -0.05) is 6.07 Å². The maximum Gasteiger partial charge on any atom is 0.375 e. The molecular formula is C15H16N2O5. The Bertz CT molecular complexity index is 598. The molecule has 116 valence electrons. The lowest BCUT2D eigenvalue weighted by Gasteiger charge is -2.17. The topological polar surface area (TPSA) is 90.7 Å². The average Bonchev–Trinajstić information content (AvgIpc) is 3.08. The molecule has 7 nitrogen and oxygen atoms in total. The third kappa shape index (κ3) is 4.16. The monoisotopic (exact) mass is 304 g/mol. The van der Waals surface area contributed by atoms with Crippen molar-refractivity contribution in [1.82, 2.24) is 10.3 Å². The number of aromatic nitrogens is 1. The summed E-state index contributed by atoms with van der Waals surface area (Å²) < 4.78 is 15.1. The fourth-order valence-electron chi connectivity index (χ4n) is 1.73. The first-order chi connectivity index (χ1) is 10.7. The highest BCUT2D eigenvalue weighted by atomic mass is 16.6. The smallest absolute Gasteiger partial charge is 0.375 e. The van der Waals surface area contributed by atoms with E-state index in [-0.39, 0.29) is 5.76 Å². The van der Waals surface area contributed by atoms with Gasteiger partial charge in [-0.2, -0.15) is 0 Å². The van der Waals surface area contributed by atoms with Crippen LogP contribution in [-0.2, 0) is 14.3 Å². The summed E-state index contributed by atoms with van der Waals surface area (Å²) in [6, 6.07) is 6.34. The van der Waals surface area contributed by atoms with Gasteiger partial charge in [0.1, 0.15) is 0 Å². The van der Waals surface area contributed by atoms with Crippen LogP contribution in [0.3, 0.4) is 0 Å². The van der Waals surface area contributed by atoms with Gasteiger partial charge in [0, 0.05) is 31.6 Å². The molecule has 0 saturated carbocycles. The lowest BCUT2D eigenvalue weighted by atomic mass is 10.1. The molecule has 0 bridgehead atoms. The zero-order chi connectivity index (χ0) is 15.8. The molecule has 2 aromatic rings. The summed E-state index contributed by atoms with van der Waals surface area (Å²) in [5.41, 5.74) is 0.470. The highest BCUT2D eigenvalue weighted by Gasteiger charge is 2.26. The van der Waals surface area contributed by atoms with E-state index in [1.165, 1.54) is 25.6 Å². The van der Waals surface area contributed by atoms with E-state index in [0.29, 0.717) is 18.7 Å². The predicted molar refractivity (Wildman–Crippen MR) is 76.0 cm³/mol. The van der Waals surface area contributed by atoms with Gasteiger partial charge < -0.3 is 19.2 Å². The second kappa shape index (κ2) is 7.94. The average molecular weight is 304 g/mol. The van der Waals surface area contributed by atoms with Crippen LogP contribution < -0.4 is 5.32 Å². The third-order valence-corrected chi connectivity index (χ3v) is 2.78. The van der Waals surface area contributed by atoms with Crippen molar-refractivity contribution in [2.24, 2.45) is 0 Å². The highest BCUT2D eigenvalue weighted by Crippen LogP contribution is 2.19. The molecule has 2 rings (SSSR count). The molecule has 22 heavy (non-hydrogen) atoms. The number of ether oxygens (including phenoxy) is 2. The van der Waals surface area contributed by atoms with Gasteiger partial charge in [-0.25, -0.2) is 4.79 Å². The summed E-state index contributed by atoms with van der Waals surface area (Å²) >= 11 is 0. The number of amides is 1. The van der Waals surface area contributed by atoms with Gasteiger partial charge in [0.15, 0.2) is 0 Å². The molecule has 0 radical (unpaired) electrons. The quantitative estimate of drug-likeness (QED) is 0.613. The Morgan fingerprint density at radius 2 is 2.23 bits per heavy atom. The second-order valence-corrected chi connectivity index (χ2v) is 4.33. The minimum Gasteiger partial charge on any atom is -0.457 e. The van der Waals surface area contributed by atoms with Crippen molar-refractivity contribution >= 4 is 11.9 Å². The Labute approximate surface area is 127 Å². The molecule has 0 spiro atoms. The maximum atomic E-state index is 12.2. The molecule has 0 aliphatic heterocycles. The van der Waals surface area contributed by atoms with Crippen LogP contribution in [-0.4, -0.2) is 37.1 Å². The van der Waals surface area contributed by atoms with Crippen molar-refractivity contribution in [3.8, 4) is 0 Å². The fraction of sp³-hybridized carbons (Fsp3) is 0.267. The summed E-state index contributed by atoms with van der Waals surface area (Å²) in [7, 11) is 1.53. The van der Waals surface area contributed by atoms with Gasteiger partial charge in [0.05, 0.1) is 12.9 Å². The number of carbonyl (C=O) groups is 2. The first kappa shape index (κ1) is 15.7. The van der Waals surface area contributed by atoms with Gasteiger partial charge in [-0.15, -0.1) is 0 Å². The van der Waals surface area contributed by atoms with Crippen molar-refractivity contribution in [2.45, 2.75) is 6.10 Å². The number of nitrogens with one attached hydrogen (secondary N) is 1. The first-order valence-corrected chi connectivity index (χ1v) is 6.63. The van der Waals surface area contributed by atoms with E-state index < -0.39 is 18.0 Å². The van der Waals surface area contributed by atoms with Crippen LogP contribution in [0.15, 0.2) is 47.3 Å². The summed E-state index contributed by atoms with van der Waals surface area (Å²) in [6.07, 6.45) is 3.28. The van der Waals surface area contributed by atoms with E-state index in [9.17, 15) is 9.59 Å². The number of methoxy groups -OCH3 is 1. The fourth-order valence-corrected chi connectivity index (χ4v) is 1.73. The molecule has 0 aromatic carbocycles. The molecule has 7 heteroatoms. The third-order valence-electron chi connectivity index (χ3n) is 2.78. The lowest BCUT2D eigenvalue weighted by Crippen LogP contribution is -2.34. The van der Waals surface area contributed by atoms with Crippen molar-refractivity contribution in [3.05, 3.63) is 54.2 Å². The number of carbonyl (C=O) groups excluding carboxylic acids is 2. The van der Waals surface area contributed by atoms with E-state index in [1.54, 1.807) is 24.4 Å². The van der Waals surface area contributed by atoms with E-state index >= 15 is 0 Å². The van der Waals surface area contributed by atoms with Crippen molar-refractivity contribution < 1.29 is 23.5 Å². The van der Waals surface area contributed by atoms with Gasteiger partial charge >= 0.3 is 5.97 Å².